The van der Waals surface area contributed by atoms with E-state index in [9.17, 15) is 9.59 Å². The van der Waals surface area contributed by atoms with Gasteiger partial charge in [-0.3, -0.25) is 19.5 Å². The molecule has 2 aromatic carbocycles. The zero-order valence-corrected chi connectivity index (χ0v) is 19.5. The van der Waals surface area contributed by atoms with E-state index in [-0.39, 0.29) is 11.7 Å². The van der Waals surface area contributed by atoms with Gasteiger partial charge in [0.05, 0.1) is 17.6 Å². The zero-order valence-electron chi connectivity index (χ0n) is 19.5. The highest BCUT2D eigenvalue weighted by atomic mass is 16.2. The lowest BCUT2D eigenvalue weighted by Gasteiger charge is -2.34. The summed E-state index contributed by atoms with van der Waals surface area (Å²) in [6, 6.07) is 20.6. The van der Waals surface area contributed by atoms with Crippen molar-refractivity contribution in [2.24, 2.45) is 4.99 Å². The van der Waals surface area contributed by atoms with Crippen LogP contribution in [-0.4, -0.2) is 82.4 Å². The first kappa shape index (κ1) is 22.6. The maximum absolute atomic E-state index is 13.1. The topological polar surface area (TPSA) is 94.5 Å². The molecule has 0 spiro atoms. The fraction of sp³-hybridized carbons (Fsp3) is 0.222. The van der Waals surface area contributed by atoms with Gasteiger partial charge < -0.3 is 9.88 Å². The standard InChI is InChI=1S/C27H26N6O2/c1-28-17-19-9-11-20(12-10-19)25(34)18-32-13-15-33(16-14-32)27(35)24-8-4-7-23(29-24)26-30-21-5-2-3-6-22(21)31-26/h2-12,17H,13-16,18H2,1H3,(H,30,31). The van der Waals surface area contributed by atoms with E-state index < -0.39 is 0 Å². The maximum atomic E-state index is 13.1. The van der Waals surface area contributed by atoms with Crippen LogP contribution < -0.4 is 0 Å². The number of nitrogens with zero attached hydrogens (tertiary/aromatic N) is 5. The highest BCUT2D eigenvalue weighted by Gasteiger charge is 2.24. The van der Waals surface area contributed by atoms with Crippen molar-refractivity contribution in [3.8, 4) is 11.5 Å². The minimum absolute atomic E-state index is 0.0740. The van der Waals surface area contributed by atoms with Crippen LogP contribution in [0.2, 0.25) is 0 Å². The van der Waals surface area contributed by atoms with Crippen molar-refractivity contribution in [2.45, 2.75) is 0 Å². The minimum Gasteiger partial charge on any atom is -0.337 e. The van der Waals surface area contributed by atoms with Gasteiger partial charge in [0.25, 0.3) is 5.91 Å². The number of Topliss-reactive ketones (excluding diaryl/α,β-unsaturated/α-hetero) is 1. The molecule has 176 valence electrons. The number of aromatic nitrogens is 3. The van der Waals surface area contributed by atoms with Gasteiger partial charge in [-0.05, 0) is 29.8 Å². The summed E-state index contributed by atoms with van der Waals surface area (Å²) in [6.45, 7) is 2.72. The number of carbonyl (C=O) groups excluding carboxylic acids is 2. The van der Waals surface area contributed by atoms with E-state index in [2.05, 4.69) is 24.8 Å². The number of H-pyrrole nitrogens is 1. The number of amides is 1. The summed E-state index contributed by atoms with van der Waals surface area (Å²) in [5.41, 5.74) is 4.46. The molecule has 8 nitrogen and oxygen atoms in total. The van der Waals surface area contributed by atoms with Gasteiger partial charge in [-0.2, -0.15) is 0 Å². The molecule has 5 rings (SSSR count). The van der Waals surface area contributed by atoms with Gasteiger partial charge in [-0.1, -0.05) is 42.5 Å². The van der Waals surface area contributed by atoms with Crippen molar-refractivity contribution in [1.82, 2.24) is 24.8 Å². The Morgan fingerprint density at radius 2 is 1.71 bits per heavy atom. The lowest BCUT2D eigenvalue weighted by molar-refractivity contribution is 0.0619. The summed E-state index contributed by atoms with van der Waals surface area (Å²) in [6.07, 6.45) is 1.76. The fourth-order valence-corrected chi connectivity index (χ4v) is 4.23. The number of aromatic amines is 1. The number of para-hydroxylation sites is 2. The average molecular weight is 467 g/mol. The molecular formula is C27H26N6O2. The number of piperazine rings is 1. The van der Waals surface area contributed by atoms with E-state index in [1.165, 1.54) is 0 Å². The second kappa shape index (κ2) is 9.99. The Morgan fingerprint density at radius 3 is 2.46 bits per heavy atom. The first-order valence-corrected chi connectivity index (χ1v) is 11.6. The number of fused-ring (bicyclic) bond motifs is 1. The molecule has 2 aromatic heterocycles. The molecule has 0 aliphatic carbocycles. The van der Waals surface area contributed by atoms with E-state index in [1.54, 1.807) is 24.2 Å². The largest absolute Gasteiger partial charge is 0.337 e. The molecule has 1 N–H and O–H groups in total. The third kappa shape index (κ3) is 5.02. The molecule has 0 unspecified atom stereocenters. The molecule has 3 heterocycles. The Balaban J connectivity index is 1.20. The summed E-state index contributed by atoms with van der Waals surface area (Å²) in [5.74, 6) is 0.603. The number of benzene rings is 2. The molecule has 0 atom stereocenters. The summed E-state index contributed by atoms with van der Waals surface area (Å²) < 4.78 is 0. The third-order valence-electron chi connectivity index (χ3n) is 6.14. The molecule has 8 heteroatoms. The number of pyridine rings is 1. The molecule has 1 aliphatic rings. The van der Waals surface area contributed by atoms with Gasteiger partial charge >= 0.3 is 0 Å². The molecule has 1 fully saturated rings. The van der Waals surface area contributed by atoms with E-state index in [1.807, 2.05) is 60.7 Å². The van der Waals surface area contributed by atoms with Crippen LogP contribution in [0.4, 0.5) is 0 Å². The van der Waals surface area contributed by atoms with Crippen LogP contribution >= 0.6 is 0 Å². The van der Waals surface area contributed by atoms with Gasteiger partial charge in [-0.15, -0.1) is 0 Å². The third-order valence-corrected chi connectivity index (χ3v) is 6.14. The molecule has 1 aliphatic heterocycles. The van der Waals surface area contributed by atoms with Crippen LogP contribution in [0, 0.1) is 0 Å². The quantitative estimate of drug-likeness (QED) is 0.348. The van der Waals surface area contributed by atoms with E-state index in [4.69, 9.17) is 0 Å². The highest BCUT2D eigenvalue weighted by molar-refractivity contribution is 5.98. The summed E-state index contributed by atoms with van der Waals surface area (Å²) in [7, 11) is 1.72. The Kier molecular flexibility index (Phi) is 6.45. The number of aliphatic imine (C=N–C) groups is 1. The zero-order chi connectivity index (χ0) is 24.2. The minimum atomic E-state index is -0.109. The van der Waals surface area contributed by atoms with Gasteiger partial charge in [0.1, 0.15) is 11.4 Å². The second-order valence-electron chi connectivity index (χ2n) is 8.51. The van der Waals surface area contributed by atoms with Gasteiger partial charge in [0.15, 0.2) is 11.6 Å². The fourth-order valence-electron chi connectivity index (χ4n) is 4.23. The first-order chi connectivity index (χ1) is 17.1. The van der Waals surface area contributed by atoms with Crippen LogP contribution in [0.1, 0.15) is 26.4 Å². The monoisotopic (exact) mass is 466 g/mol. The number of hydrogen-bond donors (Lipinski definition) is 1. The van der Waals surface area contributed by atoms with E-state index >= 15 is 0 Å². The van der Waals surface area contributed by atoms with Crippen molar-refractivity contribution < 1.29 is 9.59 Å². The molecule has 4 aromatic rings. The van der Waals surface area contributed by atoms with Crippen molar-refractivity contribution in [3.63, 3.8) is 0 Å². The van der Waals surface area contributed by atoms with Crippen LogP contribution in [0.3, 0.4) is 0 Å². The molecular weight excluding hydrogens is 440 g/mol. The van der Waals surface area contributed by atoms with Gasteiger partial charge in [0, 0.05) is 45.0 Å². The number of carbonyl (C=O) groups is 2. The van der Waals surface area contributed by atoms with E-state index in [0.717, 1.165) is 16.6 Å². The molecule has 0 bridgehead atoms. The lowest BCUT2D eigenvalue weighted by atomic mass is 10.1. The number of imidazole rings is 1. The SMILES string of the molecule is CN=Cc1ccc(C(=O)CN2CCN(C(=O)c3cccc(-c4nc5ccccc5[nH]4)n3)CC2)cc1. The first-order valence-electron chi connectivity index (χ1n) is 11.6. The van der Waals surface area contributed by atoms with Gasteiger partial charge in [-0.25, -0.2) is 9.97 Å². The Bertz CT molecular complexity index is 1350. The molecule has 0 radical (unpaired) electrons. The molecule has 0 saturated carbocycles. The number of ketones is 1. The predicted molar refractivity (Wildman–Crippen MR) is 136 cm³/mol. The Labute approximate surface area is 203 Å². The summed E-state index contributed by atoms with van der Waals surface area (Å²) in [5, 5.41) is 0. The lowest BCUT2D eigenvalue weighted by Crippen LogP contribution is -2.50. The van der Waals surface area contributed by atoms with Crippen LogP contribution in [0.5, 0.6) is 0 Å². The van der Waals surface area contributed by atoms with Gasteiger partial charge in [0.2, 0.25) is 0 Å². The predicted octanol–water partition coefficient (Wildman–Crippen LogP) is 3.31. The van der Waals surface area contributed by atoms with Crippen LogP contribution in [0.25, 0.3) is 22.6 Å². The number of rotatable bonds is 6. The molecule has 1 saturated heterocycles. The number of nitrogens with one attached hydrogen (secondary N) is 1. The van der Waals surface area contributed by atoms with Crippen LogP contribution in [0.15, 0.2) is 71.7 Å². The van der Waals surface area contributed by atoms with Crippen molar-refractivity contribution in [1.29, 1.82) is 0 Å². The Hall–Kier alpha value is -4.17. The molecule has 35 heavy (non-hydrogen) atoms. The summed E-state index contributed by atoms with van der Waals surface area (Å²) in [4.78, 5) is 46.1. The average Bonchev–Trinajstić information content (AvgIpc) is 3.34. The summed E-state index contributed by atoms with van der Waals surface area (Å²) >= 11 is 0. The highest BCUT2D eigenvalue weighted by Crippen LogP contribution is 2.19. The molecule has 1 amide bonds. The van der Waals surface area contributed by atoms with Crippen LogP contribution in [-0.2, 0) is 0 Å². The smallest absolute Gasteiger partial charge is 0.272 e. The van der Waals surface area contributed by atoms with Crippen molar-refractivity contribution in [2.75, 3.05) is 39.8 Å². The van der Waals surface area contributed by atoms with Crippen molar-refractivity contribution in [3.05, 3.63) is 83.6 Å². The maximum Gasteiger partial charge on any atom is 0.272 e. The normalized spacial score (nSPS) is 14.6. The van der Waals surface area contributed by atoms with Crippen molar-refractivity contribution >= 4 is 28.9 Å². The van der Waals surface area contributed by atoms with E-state index in [0.29, 0.717) is 55.5 Å². The second-order valence-corrected chi connectivity index (χ2v) is 8.51. The number of hydrogen-bond acceptors (Lipinski definition) is 6. The Morgan fingerprint density at radius 1 is 0.943 bits per heavy atom.